The minimum absolute atomic E-state index is 0.0991. The zero-order chi connectivity index (χ0) is 44.5. The van der Waals surface area contributed by atoms with Crippen LogP contribution in [0.2, 0.25) is 0 Å². The molecule has 0 fully saturated rings. The lowest BCUT2D eigenvalue weighted by molar-refractivity contribution is 0.590. The fourth-order valence-electron chi connectivity index (χ4n) is 9.43. The van der Waals surface area contributed by atoms with Crippen molar-refractivity contribution in [2.24, 2.45) is 0 Å². The molecule has 2 aromatic heterocycles. The second-order valence-electron chi connectivity index (χ2n) is 19.3. The summed E-state index contributed by atoms with van der Waals surface area (Å²) in [4.78, 5) is 2.33. The third-order valence-corrected chi connectivity index (χ3v) is 13.6. The van der Waals surface area contributed by atoms with Crippen LogP contribution in [-0.4, -0.2) is 13.3 Å². The molecule has 0 saturated carbocycles. The Labute approximate surface area is 385 Å². The first-order valence-electron chi connectivity index (χ1n) is 22.5. The molecule has 2 heterocycles. The number of nitrogens with zero attached hydrogens (tertiary/aromatic N) is 4. The van der Waals surface area contributed by atoms with Crippen molar-refractivity contribution in [3.63, 3.8) is 0 Å². The van der Waals surface area contributed by atoms with Gasteiger partial charge in [-0.15, -0.1) is 0 Å². The number of hydrogen-bond donors (Lipinski definition) is 0. The van der Waals surface area contributed by atoms with Crippen molar-refractivity contribution < 1.29 is 0 Å². The molecule has 316 valence electrons. The molecule has 11 rings (SSSR count). The number of benzene rings is 9. The predicted octanol–water partition coefficient (Wildman–Crippen LogP) is 17.0. The topological polar surface area (TPSA) is 34.0 Å². The molecule has 0 aliphatic rings. The molecular formula is C60H50N4S. The van der Waals surface area contributed by atoms with Crippen molar-refractivity contribution in [2.45, 2.75) is 52.4 Å². The Morgan fingerprint density at radius 3 is 1.55 bits per heavy atom. The van der Waals surface area contributed by atoms with Gasteiger partial charge in [-0.1, -0.05) is 181 Å². The number of hydrogen-bond acceptors (Lipinski definition) is 4. The zero-order valence-electron chi connectivity index (χ0n) is 37.7. The Morgan fingerprint density at radius 1 is 0.431 bits per heavy atom. The molecule has 65 heavy (non-hydrogen) atoms. The van der Waals surface area contributed by atoms with Gasteiger partial charge in [0.25, 0.3) is 0 Å². The Morgan fingerprint density at radius 2 is 0.954 bits per heavy atom. The molecule has 0 radical (unpaired) electrons. The molecule has 0 saturated heterocycles. The summed E-state index contributed by atoms with van der Waals surface area (Å²) in [6.07, 6.45) is 0. The Hall–Kier alpha value is -7.34. The first kappa shape index (κ1) is 40.4. The maximum atomic E-state index is 5.08. The van der Waals surface area contributed by atoms with E-state index in [2.05, 4.69) is 245 Å². The standard InChI is InChI=1S/C60H50N4S/c1-59(2,3)45-27-18-40(19-28-45)42-22-31-47(32-23-42)63(48-33-24-43(25-34-48)41-20-29-46(30-21-41)60(4,5)6)55-37-36-51(56-57(55)62-65-61-56)53-16-11-15-52-50-14-9-10-17-54(50)64(58(52)53)49-35-26-39-12-7-8-13-44(39)38-49/h7-38H,1-6H3. The number of rotatable bonds is 7. The van der Waals surface area contributed by atoms with Gasteiger partial charge in [-0.3, -0.25) is 0 Å². The van der Waals surface area contributed by atoms with Gasteiger partial charge >= 0.3 is 0 Å². The van der Waals surface area contributed by atoms with Crippen molar-refractivity contribution >= 4 is 72.4 Å². The molecule has 4 nitrogen and oxygen atoms in total. The molecule has 9 aromatic carbocycles. The lowest BCUT2D eigenvalue weighted by atomic mass is 9.86. The average molecular weight is 859 g/mol. The maximum absolute atomic E-state index is 5.08. The molecule has 0 unspecified atom stereocenters. The highest BCUT2D eigenvalue weighted by Crippen LogP contribution is 2.45. The van der Waals surface area contributed by atoms with Gasteiger partial charge in [0.15, 0.2) is 0 Å². The molecular weight excluding hydrogens is 809 g/mol. The van der Waals surface area contributed by atoms with E-state index in [4.69, 9.17) is 8.75 Å². The lowest BCUT2D eigenvalue weighted by Gasteiger charge is -2.26. The summed E-state index contributed by atoms with van der Waals surface area (Å²) in [5.74, 6) is 0. The average Bonchev–Trinajstić information content (AvgIpc) is 3.96. The monoisotopic (exact) mass is 858 g/mol. The van der Waals surface area contributed by atoms with Gasteiger partial charge in [-0.2, -0.15) is 8.75 Å². The molecule has 5 heteroatoms. The molecule has 0 aliphatic carbocycles. The number of aromatic nitrogens is 3. The van der Waals surface area contributed by atoms with Crippen LogP contribution in [0.25, 0.3) is 82.7 Å². The van der Waals surface area contributed by atoms with Crippen molar-refractivity contribution in [3.8, 4) is 39.1 Å². The Balaban J connectivity index is 1.06. The second kappa shape index (κ2) is 15.7. The van der Waals surface area contributed by atoms with Crippen molar-refractivity contribution in [3.05, 3.63) is 205 Å². The predicted molar refractivity (Wildman–Crippen MR) is 278 cm³/mol. The van der Waals surface area contributed by atoms with Crippen LogP contribution in [-0.2, 0) is 10.8 Å². The smallest absolute Gasteiger partial charge is 0.129 e. The van der Waals surface area contributed by atoms with Crippen molar-refractivity contribution in [1.82, 2.24) is 13.3 Å². The molecule has 0 bridgehead atoms. The second-order valence-corrected chi connectivity index (χ2v) is 19.8. The lowest BCUT2D eigenvalue weighted by Crippen LogP contribution is -2.11. The molecule has 11 aromatic rings. The van der Waals surface area contributed by atoms with Crippen LogP contribution >= 0.6 is 11.7 Å². The van der Waals surface area contributed by atoms with E-state index in [-0.39, 0.29) is 10.8 Å². The maximum Gasteiger partial charge on any atom is 0.129 e. The first-order valence-corrected chi connectivity index (χ1v) is 23.2. The van der Waals surface area contributed by atoms with Gasteiger partial charge in [-0.25, -0.2) is 0 Å². The molecule has 0 N–H and O–H groups in total. The Kier molecular flexibility index (Phi) is 9.78. The first-order chi connectivity index (χ1) is 31.5. The minimum atomic E-state index is 0.0991. The summed E-state index contributed by atoms with van der Waals surface area (Å²) >= 11 is 1.27. The van der Waals surface area contributed by atoms with E-state index in [0.29, 0.717) is 0 Å². The van der Waals surface area contributed by atoms with Gasteiger partial charge in [0, 0.05) is 39.0 Å². The van der Waals surface area contributed by atoms with E-state index >= 15 is 0 Å². The van der Waals surface area contributed by atoms with Crippen molar-refractivity contribution in [1.29, 1.82) is 0 Å². The summed E-state index contributed by atoms with van der Waals surface area (Å²) in [6.45, 7) is 13.5. The van der Waals surface area contributed by atoms with Crippen LogP contribution in [0.15, 0.2) is 194 Å². The SMILES string of the molecule is CC(C)(C)c1ccc(-c2ccc(N(c3ccc(-c4ccc(C(C)(C)C)cc4)cc3)c3ccc(-c4cccc5c6ccccc6n(-c6ccc7ccccc7c6)c45)c4nsnc34)cc2)cc1. The largest absolute Gasteiger partial charge is 0.309 e. The highest BCUT2D eigenvalue weighted by atomic mass is 32.1. The van der Waals surface area contributed by atoms with Gasteiger partial charge in [0.05, 0.1) is 28.4 Å². The van der Waals surface area contributed by atoms with Crippen LogP contribution in [0.3, 0.4) is 0 Å². The van der Waals surface area contributed by atoms with E-state index in [1.807, 2.05) is 0 Å². The van der Waals surface area contributed by atoms with Gasteiger partial charge in [-0.05, 0) is 110 Å². The molecule has 0 atom stereocenters. The molecule has 0 aliphatic heterocycles. The van der Waals surface area contributed by atoms with Crippen LogP contribution in [0, 0.1) is 0 Å². The third kappa shape index (κ3) is 7.26. The van der Waals surface area contributed by atoms with Gasteiger partial charge < -0.3 is 9.47 Å². The fourth-order valence-corrected chi connectivity index (χ4v) is 10.00. The van der Waals surface area contributed by atoms with E-state index in [1.54, 1.807) is 0 Å². The van der Waals surface area contributed by atoms with Crippen LogP contribution in [0.5, 0.6) is 0 Å². The summed E-state index contributed by atoms with van der Waals surface area (Å²) in [5.41, 5.74) is 18.0. The van der Waals surface area contributed by atoms with E-state index in [1.165, 1.54) is 72.2 Å². The molecule has 0 spiro atoms. The number of para-hydroxylation sites is 2. The quantitative estimate of drug-likeness (QED) is 0.160. The van der Waals surface area contributed by atoms with Crippen LogP contribution in [0.1, 0.15) is 52.7 Å². The van der Waals surface area contributed by atoms with Gasteiger partial charge in [0.2, 0.25) is 0 Å². The highest BCUT2D eigenvalue weighted by Gasteiger charge is 2.24. The summed E-state index contributed by atoms with van der Waals surface area (Å²) in [7, 11) is 0. The summed E-state index contributed by atoms with van der Waals surface area (Å²) < 4.78 is 12.6. The third-order valence-electron chi connectivity index (χ3n) is 13.0. The fraction of sp³-hybridized carbons (Fsp3) is 0.133. The normalized spacial score (nSPS) is 12.2. The van der Waals surface area contributed by atoms with Crippen molar-refractivity contribution in [2.75, 3.05) is 4.90 Å². The van der Waals surface area contributed by atoms with Crippen LogP contribution < -0.4 is 4.90 Å². The summed E-state index contributed by atoms with van der Waals surface area (Å²) in [5, 5.41) is 4.85. The Bertz CT molecular complexity index is 3430. The zero-order valence-corrected chi connectivity index (χ0v) is 38.5. The van der Waals surface area contributed by atoms with E-state index < -0.39 is 0 Å². The number of fused-ring (bicyclic) bond motifs is 5. The van der Waals surface area contributed by atoms with E-state index in [9.17, 15) is 0 Å². The highest BCUT2D eigenvalue weighted by molar-refractivity contribution is 7.00. The van der Waals surface area contributed by atoms with Gasteiger partial charge in [0.1, 0.15) is 11.0 Å². The van der Waals surface area contributed by atoms with E-state index in [0.717, 1.165) is 50.4 Å². The van der Waals surface area contributed by atoms with Crippen LogP contribution in [0.4, 0.5) is 17.1 Å². The number of anilines is 3. The minimum Gasteiger partial charge on any atom is -0.309 e. The summed E-state index contributed by atoms with van der Waals surface area (Å²) in [6, 6.07) is 71.1. The molecule has 0 amide bonds.